The molecule has 0 aliphatic carbocycles. The van der Waals surface area contributed by atoms with Crippen LogP contribution in [-0.4, -0.2) is 70.3 Å². The molecule has 1 unspecified atom stereocenters. The maximum Gasteiger partial charge on any atom is 0.328 e. The Morgan fingerprint density at radius 2 is 0.929 bits per heavy atom. The molecule has 10 heteroatoms. The fourth-order valence-electron chi connectivity index (χ4n) is 5.91. The normalized spacial score (nSPS) is 12.8. The summed E-state index contributed by atoms with van der Waals surface area (Å²) >= 11 is 0. The molecule has 324 valence electrons. The van der Waals surface area contributed by atoms with Crippen LogP contribution in [0.25, 0.3) is 0 Å². The van der Waals surface area contributed by atoms with E-state index >= 15 is 0 Å². The Balaban J connectivity index is 4.50. The van der Waals surface area contributed by atoms with Crippen molar-refractivity contribution < 1.29 is 36.5 Å². The Morgan fingerprint density at radius 1 is 0.518 bits per heavy atom. The number of esters is 2. The van der Waals surface area contributed by atoms with Gasteiger partial charge in [0.2, 0.25) is 5.25 Å². The van der Waals surface area contributed by atoms with E-state index < -0.39 is 39.7 Å². The average Bonchev–Trinajstić information content (AvgIpc) is 3.15. The molecular formula is C46H81NO8S. The van der Waals surface area contributed by atoms with Gasteiger partial charge in [-0.3, -0.25) is 14.4 Å². The lowest BCUT2D eigenvalue weighted by molar-refractivity contribution is -0.150. The van der Waals surface area contributed by atoms with E-state index in [1.807, 2.05) is 19.0 Å². The lowest BCUT2D eigenvalue weighted by atomic mass is 10.1. The first-order valence-corrected chi connectivity index (χ1v) is 23.6. The zero-order valence-electron chi connectivity index (χ0n) is 36.0. The molecule has 0 rings (SSSR count). The molecule has 0 aromatic heterocycles. The predicted molar refractivity (Wildman–Crippen MR) is 232 cm³/mol. The van der Waals surface area contributed by atoms with Crippen molar-refractivity contribution in [1.29, 1.82) is 0 Å². The van der Waals surface area contributed by atoms with Gasteiger partial charge in [-0.15, -0.1) is 0 Å². The number of rotatable bonds is 39. The monoisotopic (exact) mass is 808 g/mol. The Labute approximate surface area is 343 Å². The van der Waals surface area contributed by atoms with Crippen LogP contribution in [0.4, 0.5) is 0 Å². The second-order valence-corrected chi connectivity index (χ2v) is 16.8. The van der Waals surface area contributed by atoms with Crippen LogP contribution in [0.1, 0.15) is 187 Å². The zero-order chi connectivity index (χ0) is 41.4. The minimum Gasteiger partial charge on any atom is -0.466 e. The van der Waals surface area contributed by atoms with Gasteiger partial charge in [-0.2, -0.15) is 8.42 Å². The Hall–Kier alpha value is -2.72. The maximum absolute atomic E-state index is 13.1. The van der Waals surface area contributed by atoms with Gasteiger partial charge in [-0.25, -0.2) is 0 Å². The van der Waals surface area contributed by atoms with Crippen LogP contribution in [0, 0.1) is 0 Å². The fourth-order valence-corrected chi connectivity index (χ4v) is 7.02. The highest BCUT2D eigenvalue weighted by Crippen LogP contribution is 2.16. The summed E-state index contributed by atoms with van der Waals surface area (Å²) in [7, 11) is -1.08. The third-order valence-corrected chi connectivity index (χ3v) is 10.8. The van der Waals surface area contributed by atoms with E-state index in [1.54, 1.807) is 0 Å². The molecule has 0 spiro atoms. The molecule has 0 N–H and O–H groups in total. The number of carbonyl (C=O) groups excluding carboxylic acids is 3. The Bertz CT molecular complexity index is 1190. The van der Waals surface area contributed by atoms with Gasteiger partial charge >= 0.3 is 28.0 Å². The van der Waals surface area contributed by atoms with Crippen molar-refractivity contribution in [3.63, 3.8) is 0 Å². The predicted octanol–water partition coefficient (Wildman–Crippen LogP) is 11.7. The fraction of sp³-hybridized carbons (Fsp3) is 0.761. The van der Waals surface area contributed by atoms with Gasteiger partial charge in [0.15, 0.2) is 0 Å². The average molecular weight is 808 g/mol. The van der Waals surface area contributed by atoms with Crippen LogP contribution in [0.15, 0.2) is 48.6 Å². The smallest absolute Gasteiger partial charge is 0.328 e. The van der Waals surface area contributed by atoms with Crippen molar-refractivity contribution in [3.05, 3.63) is 48.6 Å². The van der Waals surface area contributed by atoms with E-state index in [0.29, 0.717) is 25.8 Å². The number of unbranched alkanes of at least 4 members (excludes halogenated alkanes) is 18. The van der Waals surface area contributed by atoms with E-state index in [2.05, 4.69) is 62.5 Å². The molecule has 0 heterocycles. The lowest BCUT2D eigenvalue weighted by Crippen LogP contribution is -2.37. The van der Waals surface area contributed by atoms with E-state index in [9.17, 15) is 22.8 Å². The van der Waals surface area contributed by atoms with Gasteiger partial charge in [0.05, 0.1) is 19.6 Å². The number of carbonyl (C=O) groups is 3. The number of allylic oxidation sites excluding steroid dienone is 8. The number of hydrogen-bond acceptors (Lipinski definition) is 9. The molecule has 0 aliphatic heterocycles. The van der Waals surface area contributed by atoms with Gasteiger partial charge in [0.25, 0.3) is 0 Å². The second-order valence-electron chi connectivity index (χ2n) is 15.1. The molecule has 0 radical (unpaired) electrons. The van der Waals surface area contributed by atoms with Gasteiger partial charge in [0.1, 0.15) is 0 Å². The van der Waals surface area contributed by atoms with Crippen LogP contribution >= 0.6 is 0 Å². The summed E-state index contributed by atoms with van der Waals surface area (Å²) < 4.78 is 41.5. The van der Waals surface area contributed by atoms with E-state index in [-0.39, 0.29) is 19.6 Å². The largest absolute Gasteiger partial charge is 0.466 e. The van der Waals surface area contributed by atoms with Crippen molar-refractivity contribution in [3.8, 4) is 0 Å². The summed E-state index contributed by atoms with van der Waals surface area (Å²) in [5.74, 6) is -2.90. The molecule has 9 nitrogen and oxygen atoms in total. The molecule has 1 atom stereocenters. The first-order valence-electron chi connectivity index (χ1n) is 22.2. The minimum absolute atomic E-state index is 0.0260. The van der Waals surface area contributed by atoms with Crippen molar-refractivity contribution in [2.75, 3.05) is 33.9 Å². The Kier molecular flexibility index (Phi) is 37.2. The molecular weight excluding hydrogens is 727 g/mol. The summed E-state index contributed by atoms with van der Waals surface area (Å²) in [4.78, 5) is 39.8. The summed E-state index contributed by atoms with van der Waals surface area (Å²) in [6, 6.07) is 0. The maximum atomic E-state index is 13.1. The highest BCUT2D eigenvalue weighted by atomic mass is 32.2. The standard InChI is InChI=1S/C46H81NO8S/c1-5-7-9-11-13-15-17-19-21-23-25-27-29-31-33-35-40-53-45(49)42-43(56(51,52)55-44(48)38-37-39-47(3)4)46(50)54-41-36-34-32-30-28-26-24-22-20-18-16-14-12-10-8-6-2/h13-16,19-22,43H,5-12,17-18,23-42H2,1-4H3/b15-13-,16-14-,21-19-,22-20-. The quantitative estimate of drug-likeness (QED) is 0.0259. The lowest BCUT2D eigenvalue weighted by Gasteiger charge is -2.16. The van der Waals surface area contributed by atoms with Gasteiger partial charge in [-0.1, -0.05) is 140 Å². The molecule has 0 bridgehead atoms. The summed E-state index contributed by atoms with van der Waals surface area (Å²) in [6.07, 6.45) is 43.2. The topological polar surface area (TPSA) is 116 Å². The Morgan fingerprint density at radius 3 is 1.38 bits per heavy atom. The SMILES string of the molecule is CCCCC/C=C\C/C=C\CCCCCCCCOC(=O)CC(C(=O)OCCCCCCCC/C=C\C/C=C\CCCCC)S(=O)(=O)OC(=O)CCCN(C)C. The van der Waals surface area contributed by atoms with Crippen LogP contribution in [-0.2, 0) is 38.2 Å². The highest BCUT2D eigenvalue weighted by molar-refractivity contribution is 7.88. The van der Waals surface area contributed by atoms with Crippen molar-refractivity contribution in [2.24, 2.45) is 0 Å². The molecule has 0 aromatic carbocycles. The third-order valence-electron chi connectivity index (χ3n) is 9.36. The molecule has 56 heavy (non-hydrogen) atoms. The van der Waals surface area contributed by atoms with Crippen LogP contribution in [0.2, 0.25) is 0 Å². The van der Waals surface area contributed by atoms with Crippen molar-refractivity contribution in [2.45, 2.75) is 192 Å². The van der Waals surface area contributed by atoms with Gasteiger partial charge in [0, 0.05) is 6.42 Å². The third kappa shape index (κ3) is 35.7. The zero-order valence-corrected chi connectivity index (χ0v) is 36.8. The number of ether oxygens (including phenoxy) is 2. The van der Waals surface area contributed by atoms with Crippen molar-refractivity contribution >= 4 is 28.0 Å². The molecule has 0 amide bonds. The van der Waals surface area contributed by atoms with E-state index in [0.717, 1.165) is 89.9 Å². The van der Waals surface area contributed by atoms with Crippen molar-refractivity contribution in [1.82, 2.24) is 4.90 Å². The molecule has 0 aliphatic rings. The van der Waals surface area contributed by atoms with E-state index in [4.69, 9.17) is 13.7 Å². The number of nitrogens with zero attached hydrogens (tertiary/aromatic N) is 1. The minimum atomic E-state index is -4.76. The molecule has 0 aromatic rings. The highest BCUT2D eigenvalue weighted by Gasteiger charge is 2.39. The summed E-state index contributed by atoms with van der Waals surface area (Å²) in [6.45, 7) is 5.16. The van der Waals surface area contributed by atoms with Crippen LogP contribution < -0.4 is 0 Å². The summed E-state index contributed by atoms with van der Waals surface area (Å²) in [5, 5.41) is -1.96. The van der Waals surface area contributed by atoms with Crippen LogP contribution in [0.3, 0.4) is 0 Å². The first-order chi connectivity index (χ1) is 27.1. The van der Waals surface area contributed by atoms with Gasteiger partial charge in [-0.05, 0) is 104 Å². The molecule has 0 fully saturated rings. The van der Waals surface area contributed by atoms with Gasteiger partial charge < -0.3 is 18.6 Å². The first kappa shape index (κ1) is 53.3. The second kappa shape index (κ2) is 39.1. The number of hydrogen-bond donors (Lipinski definition) is 0. The summed E-state index contributed by atoms with van der Waals surface area (Å²) in [5.41, 5.74) is 0. The molecule has 0 saturated carbocycles. The van der Waals surface area contributed by atoms with Crippen LogP contribution in [0.5, 0.6) is 0 Å². The van der Waals surface area contributed by atoms with E-state index in [1.165, 1.54) is 51.4 Å². The molecule has 0 saturated heterocycles.